The molecule has 0 radical (unpaired) electrons. The molecule has 0 N–H and O–H groups in total. The first-order valence-corrected chi connectivity index (χ1v) is 4.49. The van der Waals surface area contributed by atoms with E-state index in [4.69, 9.17) is 0 Å². The average Bonchev–Trinajstić information content (AvgIpc) is 2.32. The lowest BCUT2D eigenvalue weighted by molar-refractivity contribution is 0.0593. The van der Waals surface area contributed by atoms with Gasteiger partial charge in [0.25, 0.3) is 0 Å². The SMILES string of the molecule is COC(=O)c1ccc2c(n1)C(=O)C=CC2=O. The van der Waals surface area contributed by atoms with Crippen molar-refractivity contribution in [3.8, 4) is 0 Å². The Morgan fingerprint density at radius 3 is 2.56 bits per heavy atom. The van der Waals surface area contributed by atoms with Crippen molar-refractivity contribution in [1.82, 2.24) is 4.98 Å². The van der Waals surface area contributed by atoms with E-state index in [0.29, 0.717) is 0 Å². The van der Waals surface area contributed by atoms with Gasteiger partial charge in [0.1, 0.15) is 11.4 Å². The van der Waals surface area contributed by atoms with Gasteiger partial charge in [-0.2, -0.15) is 0 Å². The number of pyridine rings is 1. The van der Waals surface area contributed by atoms with E-state index in [0.717, 1.165) is 6.08 Å². The van der Waals surface area contributed by atoms with Crippen molar-refractivity contribution in [2.75, 3.05) is 7.11 Å². The number of ketones is 2. The van der Waals surface area contributed by atoms with Gasteiger partial charge in [0.15, 0.2) is 5.78 Å². The van der Waals surface area contributed by atoms with Crippen LogP contribution in [0.25, 0.3) is 0 Å². The summed E-state index contributed by atoms with van der Waals surface area (Å²) in [5, 5.41) is 0. The van der Waals surface area contributed by atoms with E-state index in [9.17, 15) is 14.4 Å². The number of aromatic nitrogens is 1. The Balaban J connectivity index is 2.55. The van der Waals surface area contributed by atoms with Crippen molar-refractivity contribution in [1.29, 1.82) is 0 Å². The summed E-state index contributed by atoms with van der Waals surface area (Å²) in [6.07, 6.45) is 2.32. The highest BCUT2D eigenvalue weighted by Gasteiger charge is 2.22. The number of fused-ring (bicyclic) bond motifs is 1. The van der Waals surface area contributed by atoms with Crippen LogP contribution in [0, 0.1) is 0 Å². The number of rotatable bonds is 1. The minimum absolute atomic E-state index is 0.00426. The lowest BCUT2D eigenvalue weighted by atomic mass is 9.99. The molecular formula is C11H7NO4. The molecule has 16 heavy (non-hydrogen) atoms. The van der Waals surface area contributed by atoms with Gasteiger partial charge in [-0.25, -0.2) is 9.78 Å². The van der Waals surface area contributed by atoms with E-state index < -0.39 is 5.97 Å². The van der Waals surface area contributed by atoms with Crippen molar-refractivity contribution < 1.29 is 19.1 Å². The molecule has 0 amide bonds. The normalized spacial score (nSPS) is 13.6. The Labute approximate surface area is 90.7 Å². The molecule has 0 aliphatic heterocycles. The lowest BCUT2D eigenvalue weighted by Gasteiger charge is -2.08. The predicted molar refractivity (Wildman–Crippen MR) is 53.4 cm³/mol. The molecule has 2 rings (SSSR count). The maximum atomic E-state index is 11.4. The molecule has 1 aromatic rings. The van der Waals surface area contributed by atoms with Crippen molar-refractivity contribution in [3.63, 3.8) is 0 Å². The first-order chi connectivity index (χ1) is 7.63. The van der Waals surface area contributed by atoms with E-state index in [1.165, 1.54) is 25.3 Å². The average molecular weight is 217 g/mol. The highest BCUT2D eigenvalue weighted by molar-refractivity contribution is 6.21. The number of hydrogen-bond acceptors (Lipinski definition) is 5. The Morgan fingerprint density at radius 2 is 1.88 bits per heavy atom. The van der Waals surface area contributed by atoms with Crippen molar-refractivity contribution in [2.45, 2.75) is 0 Å². The second kappa shape index (κ2) is 3.69. The van der Waals surface area contributed by atoms with Crippen LogP contribution in [0.2, 0.25) is 0 Å². The molecule has 0 spiro atoms. The van der Waals surface area contributed by atoms with E-state index in [2.05, 4.69) is 9.72 Å². The number of carbonyl (C=O) groups excluding carboxylic acids is 3. The summed E-state index contributed by atoms with van der Waals surface area (Å²) < 4.78 is 4.47. The Bertz CT molecular complexity index is 531. The number of allylic oxidation sites excluding steroid dienone is 2. The van der Waals surface area contributed by atoms with E-state index in [-0.39, 0.29) is 28.5 Å². The summed E-state index contributed by atoms with van der Waals surface area (Å²) in [4.78, 5) is 37.8. The number of methoxy groups -OCH3 is 1. The molecule has 0 saturated heterocycles. The summed E-state index contributed by atoms with van der Waals surface area (Å²) in [5.74, 6) is -1.32. The van der Waals surface area contributed by atoms with Crippen LogP contribution in [0.5, 0.6) is 0 Å². The predicted octanol–water partition coefficient (Wildman–Crippen LogP) is 0.803. The van der Waals surface area contributed by atoms with Crippen molar-refractivity contribution in [2.24, 2.45) is 0 Å². The zero-order valence-electron chi connectivity index (χ0n) is 8.39. The van der Waals surface area contributed by atoms with Crippen LogP contribution in [-0.2, 0) is 4.74 Å². The Morgan fingerprint density at radius 1 is 1.19 bits per heavy atom. The van der Waals surface area contributed by atoms with Crippen LogP contribution in [-0.4, -0.2) is 29.6 Å². The van der Waals surface area contributed by atoms with Crippen LogP contribution in [0.4, 0.5) is 0 Å². The molecule has 0 aromatic carbocycles. The van der Waals surface area contributed by atoms with Crippen LogP contribution in [0.3, 0.4) is 0 Å². The second-order valence-corrected chi connectivity index (χ2v) is 3.15. The van der Waals surface area contributed by atoms with Gasteiger partial charge >= 0.3 is 5.97 Å². The molecular weight excluding hydrogens is 210 g/mol. The first-order valence-electron chi connectivity index (χ1n) is 4.49. The van der Waals surface area contributed by atoms with E-state index >= 15 is 0 Å². The Kier molecular flexibility index (Phi) is 2.36. The molecule has 0 saturated carbocycles. The van der Waals surface area contributed by atoms with E-state index in [1.807, 2.05) is 0 Å². The minimum Gasteiger partial charge on any atom is -0.464 e. The van der Waals surface area contributed by atoms with Gasteiger partial charge in [-0.3, -0.25) is 9.59 Å². The third kappa shape index (κ3) is 1.52. The van der Waals surface area contributed by atoms with Crippen molar-refractivity contribution >= 4 is 17.5 Å². The monoisotopic (exact) mass is 217 g/mol. The minimum atomic E-state index is -0.641. The summed E-state index contributed by atoms with van der Waals surface area (Å²) in [6, 6.07) is 2.76. The number of carbonyl (C=O) groups is 3. The molecule has 0 unspecified atom stereocenters. The molecule has 1 heterocycles. The lowest BCUT2D eigenvalue weighted by Crippen LogP contribution is -2.16. The van der Waals surface area contributed by atoms with Gasteiger partial charge in [-0.15, -0.1) is 0 Å². The highest BCUT2D eigenvalue weighted by atomic mass is 16.5. The highest BCUT2D eigenvalue weighted by Crippen LogP contribution is 2.15. The molecule has 0 fully saturated rings. The number of ether oxygens (including phenoxy) is 1. The van der Waals surface area contributed by atoms with Gasteiger partial charge in [0, 0.05) is 0 Å². The quantitative estimate of drug-likeness (QED) is 0.650. The summed E-state index contributed by atoms with van der Waals surface area (Å²) >= 11 is 0. The maximum absolute atomic E-state index is 11.4. The second-order valence-electron chi connectivity index (χ2n) is 3.15. The third-order valence-electron chi connectivity index (χ3n) is 2.17. The molecule has 0 bridgehead atoms. The topological polar surface area (TPSA) is 73.3 Å². The fourth-order valence-electron chi connectivity index (χ4n) is 1.38. The van der Waals surface area contributed by atoms with Crippen LogP contribution in [0.15, 0.2) is 24.3 Å². The summed E-state index contributed by atoms with van der Waals surface area (Å²) in [7, 11) is 1.22. The molecule has 80 valence electrons. The fourth-order valence-corrected chi connectivity index (χ4v) is 1.38. The number of hydrogen-bond donors (Lipinski definition) is 0. The molecule has 1 aromatic heterocycles. The zero-order valence-corrected chi connectivity index (χ0v) is 8.39. The number of esters is 1. The molecule has 1 aliphatic rings. The van der Waals surface area contributed by atoms with Gasteiger partial charge < -0.3 is 4.74 Å². The largest absolute Gasteiger partial charge is 0.464 e. The summed E-state index contributed by atoms with van der Waals surface area (Å²) in [5.41, 5.74) is 0.216. The van der Waals surface area contributed by atoms with E-state index in [1.54, 1.807) is 0 Å². The maximum Gasteiger partial charge on any atom is 0.356 e. The first kappa shape index (κ1) is 10.2. The molecule has 1 aliphatic carbocycles. The van der Waals surface area contributed by atoms with Crippen molar-refractivity contribution in [3.05, 3.63) is 41.2 Å². The van der Waals surface area contributed by atoms with Gasteiger partial charge in [0.05, 0.1) is 12.7 Å². The van der Waals surface area contributed by atoms with Crippen LogP contribution in [0.1, 0.15) is 31.3 Å². The summed E-state index contributed by atoms with van der Waals surface area (Å²) in [6.45, 7) is 0. The fraction of sp³-hybridized carbons (Fsp3) is 0.0909. The van der Waals surface area contributed by atoms with Gasteiger partial charge in [-0.05, 0) is 24.3 Å². The van der Waals surface area contributed by atoms with Gasteiger partial charge in [0.2, 0.25) is 5.78 Å². The molecule has 5 nitrogen and oxygen atoms in total. The van der Waals surface area contributed by atoms with Crippen LogP contribution < -0.4 is 0 Å². The third-order valence-corrected chi connectivity index (χ3v) is 2.17. The smallest absolute Gasteiger partial charge is 0.356 e. The zero-order chi connectivity index (χ0) is 11.7. The molecule has 5 heteroatoms. The van der Waals surface area contributed by atoms with Gasteiger partial charge in [-0.1, -0.05) is 0 Å². The number of nitrogens with zero attached hydrogens (tertiary/aromatic N) is 1. The standard InChI is InChI=1S/C11H7NO4/c1-16-11(15)7-3-2-6-8(13)4-5-9(14)10(6)12-7/h2-5H,1H3. The Hall–Kier alpha value is -2.30. The molecule has 0 atom stereocenters. The van der Waals surface area contributed by atoms with Crippen LogP contribution >= 0.6 is 0 Å².